The van der Waals surface area contributed by atoms with Crippen LogP contribution in [0.2, 0.25) is 0 Å². The summed E-state index contributed by atoms with van der Waals surface area (Å²) in [5.74, 6) is 0.520. The Morgan fingerprint density at radius 1 is 0.853 bits per heavy atom. The lowest BCUT2D eigenvalue weighted by Crippen LogP contribution is -2.49. The Hall–Kier alpha value is -2.89. The Bertz CT molecular complexity index is 1290. The average Bonchev–Trinajstić information content (AvgIpc) is 3.20. The zero-order chi connectivity index (χ0) is 23.5. The molecule has 2 heterocycles. The Kier molecular flexibility index (Phi) is 6.84. The van der Waals surface area contributed by atoms with Crippen molar-refractivity contribution in [2.75, 3.05) is 38.6 Å². The number of benzene rings is 3. The van der Waals surface area contributed by atoms with E-state index in [-0.39, 0.29) is 11.7 Å². The number of halogens is 2. The second kappa shape index (κ2) is 10.2. The summed E-state index contributed by atoms with van der Waals surface area (Å²) in [6.07, 6.45) is 1.79. The van der Waals surface area contributed by atoms with Crippen molar-refractivity contribution in [3.63, 3.8) is 0 Å². The van der Waals surface area contributed by atoms with Gasteiger partial charge in [0.1, 0.15) is 5.82 Å². The first-order valence-electron chi connectivity index (χ1n) is 12.0. The number of aromatic nitrogens is 1. The van der Waals surface area contributed by atoms with Gasteiger partial charge in [0.15, 0.2) is 0 Å². The molecule has 0 aliphatic carbocycles. The van der Waals surface area contributed by atoms with Gasteiger partial charge in [-0.05, 0) is 54.8 Å². The number of piperazine rings is 1. The number of carbonyl (C=O) groups excluding carboxylic acids is 1. The molecule has 0 N–H and O–H groups in total. The lowest BCUT2D eigenvalue weighted by Gasteiger charge is -2.34. The Labute approximate surface area is 204 Å². The van der Waals surface area contributed by atoms with Crippen LogP contribution >= 0.6 is 11.6 Å². The standard InChI is InChI=1S/C28H29ClFN3O/c29-13-3-14-33-26-5-2-1-4-24(26)25-20-22(8-11-27(25)33)28(34)32-18-16-31(17-19-32)15-12-21-6-9-23(30)10-7-21/h1-2,4-11,20H,3,12-19H2. The van der Waals surface area contributed by atoms with Crippen molar-refractivity contribution in [3.05, 3.63) is 83.7 Å². The molecule has 1 aromatic heterocycles. The van der Waals surface area contributed by atoms with Crippen molar-refractivity contribution in [1.82, 2.24) is 14.4 Å². The fraction of sp³-hybridized carbons (Fsp3) is 0.321. The van der Waals surface area contributed by atoms with Gasteiger partial charge in [-0.3, -0.25) is 9.69 Å². The summed E-state index contributed by atoms with van der Waals surface area (Å²) in [4.78, 5) is 17.7. The maximum absolute atomic E-state index is 13.3. The number of rotatable bonds is 7. The van der Waals surface area contributed by atoms with E-state index < -0.39 is 0 Å². The smallest absolute Gasteiger partial charge is 0.253 e. The summed E-state index contributed by atoms with van der Waals surface area (Å²) < 4.78 is 15.4. The number of alkyl halides is 1. The molecule has 176 valence electrons. The molecule has 4 nitrogen and oxygen atoms in total. The Balaban J connectivity index is 1.27. The molecule has 1 aliphatic rings. The van der Waals surface area contributed by atoms with Crippen molar-refractivity contribution in [2.24, 2.45) is 0 Å². The lowest BCUT2D eigenvalue weighted by atomic mass is 10.1. The maximum atomic E-state index is 13.3. The van der Waals surface area contributed by atoms with E-state index in [9.17, 15) is 9.18 Å². The highest BCUT2D eigenvalue weighted by Gasteiger charge is 2.23. The van der Waals surface area contributed by atoms with Gasteiger partial charge in [-0.15, -0.1) is 11.6 Å². The van der Waals surface area contributed by atoms with Crippen LogP contribution in [0.5, 0.6) is 0 Å². The minimum Gasteiger partial charge on any atom is -0.340 e. The molecule has 1 saturated heterocycles. The van der Waals surface area contributed by atoms with Crippen molar-refractivity contribution >= 4 is 39.3 Å². The zero-order valence-electron chi connectivity index (χ0n) is 19.2. The van der Waals surface area contributed by atoms with E-state index in [2.05, 4.69) is 39.8 Å². The molecule has 1 fully saturated rings. The van der Waals surface area contributed by atoms with E-state index in [1.807, 2.05) is 29.2 Å². The van der Waals surface area contributed by atoms with E-state index in [1.54, 1.807) is 0 Å². The molecule has 34 heavy (non-hydrogen) atoms. The molecule has 0 spiro atoms. The maximum Gasteiger partial charge on any atom is 0.253 e. The molecule has 0 radical (unpaired) electrons. The molecular formula is C28H29ClFN3O. The summed E-state index contributed by atoms with van der Waals surface area (Å²) >= 11 is 5.96. The van der Waals surface area contributed by atoms with Crippen LogP contribution in [0.4, 0.5) is 4.39 Å². The third-order valence-electron chi connectivity index (χ3n) is 6.82. The number of nitrogens with zero attached hydrogens (tertiary/aromatic N) is 3. The van der Waals surface area contributed by atoms with Crippen LogP contribution in [0, 0.1) is 5.82 Å². The molecular weight excluding hydrogens is 449 g/mol. The number of carbonyl (C=O) groups is 1. The van der Waals surface area contributed by atoms with E-state index in [4.69, 9.17) is 11.6 Å². The summed E-state index contributed by atoms with van der Waals surface area (Å²) in [6, 6.07) is 21.2. The van der Waals surface area contributed by atoms with Gasteiger partial charge in [0.05, 0.1) is 0 Å². The van der Waals surface area contributed by atoms with Gasteiger partial charge in [0, 0.05) is 72.5 Å². The Morgan fingerprint density at radius 2 is 1.59 bits per heavy atom. The first-order valence-corrected chi connectivity index (χ1v) is 12.5. The van der Waals surface area contributed by atoms with Gasteiger partial charge in [-0.1, -0.05) is 30.3 Å². The molecule has 0 unspecified atom stereocenters. The van der Waals surface area contributed by atoms with Crippen LogP contribution in [0.25, 0.3) is 21.8 Å². The lowest BCUT2D eigenvalue weighted by molar-refractivity contribution is 0.0638. The molecule has 0 atom stereocenters. The average molecular weight is 478 g/mol. The summed E-state index contributed by atoms with van der Waals surface area (Å²) in [5.41, 5.74) is 4.21. The molecule has 3 aromatic carbocycles. The molecule has 0 bridgehead atoms. The topological polar surface area (TPSA) is 28.5 Å². The van der Waals surface area contributed by atoms with Crippen molar-refractivity contribution in [3.8, 4) is 0 Å². The van der Waals surface area contributed by atoms with E-state index in [0.29, 0.717) is 5.88 Å². The number of fused-ring (bicyclic) bond motifs is 3. The quantitative estimate of drug-likeness (QED) is 0.326. The molecule has 5 rings (SSSR count). The second-order valence-corrected chi connectivity index (χ2v) is 9.33. The van der Waals surface area contributed by atoms with Crippen LogP contribution in [0.15, 0.2) is 66.7 Å². The third kappa shape index (κ3) is 4.68. The van der Waals surface area contributed by atoms with E-state index in [0.717, 1.165) is 74.1 Å². The number of hydrogen-bond acceptors (Lipinski definition) is 2. The van der Waals surface area contributed by atoms with Gasteiger partial charge in [0.2, 0.25) is 0 Å². The molecule has 6 heteroatoms. The SMILES string of the molecule is O=C(c1ccc2c(c1)c1ccccc1n2CCCCl)N1CCN(CCc2ccc(F)cc2)CC1. The fourth-order valence-corrected chi connectivity index (χ4v) is 5.06. The minimum absolute atomic E-state index is 0.0951. The molecule has 1 amide bonds. The van der Waals surface area contributed by atoms with Gasteiger partial charge in [0.25, 0.3) is 5.91 Å². The Morgan fingerprint density at radius 3 is 2.35 bits per heavy atom. The number of hydrogen-bond donors (Lipinski definition) is 0. The summed E-state index contributed by atoms with van der Waals surface area (Å²) in [5, 5.41) is 2.29. The molecule has 0 saturated carbocycles. The predicted octanol–water partition coefficient (Wildman–Crippen LogP) is 5.56. The fourth-order valence-electron chi connectivity index (χ4n) is 4.94. The van der Waals surface area contributed by atoms with Gasteiger partial charge in [-0.2, -0.15) is 0 Å². The van der Waals surface area contributed by atoms with E-state index in [1.165, 1.54) is 23.0 Å². The van der Waals surface area contributed by atoms with Gasteiger partial charge in [-0.25, -0.2) is 4.39 Å². The third-order valence-corrected chi connectivity index (χ3v) is 7.09. The molecule has 1 aliphatic heterocycles. The summed E-state index contributed by atoms with van der Waals surface area (Å²) in [6.45, 7) is 4.93. The number of aryl methyl sites for hydroxylation is 1. The first-order chi connectivity index (χ1) is 16.6. The highest BCUT2D eigenvalue weighted by Crippen LogP contribution is 2.30. The van der Waals surface area contributed by atoms with Gasteiger partial charge >= 0.3 is 0 Å². The monoisotopic (exact) mass is 477 g/mol. The number of amides is 1. The highest BCUT2D eigenvalue weighted by atomic mass is 35.5. The predicted molar refractivity (Wildman–Crippen MR) is 137 cm³/mol. The minimum atomic E-state index is -0.200. The van der Waals surface area contributed by atoms with Crippen LogP contribution in [-0.2, 0) is 13.0 Å². The van der Waals surface area contributed by atoms with Gasteiger partial charge < -0.3 is 9.47 Å². The van der Waals surface area contributed by atoms with Crippen LogP contribution < -0.4 is 0 Å². The van der Waals surface area contributed by atoms with Crippen LogP contribution in [-0.4, -0.2) is 58.9 Å². The van der Waals surface area contributed by atoms with Crippen molar-refractivity contribution in [2.45, 2.75) is 19.4 Å². The van der Waals surface area contributed by atoms with E-state index >= 15 is 0 Å². The molecule has 4 aromatic rings. The van der Waals surface area contributed by atoms with Crippen molar-refractivity contribution < 1.29 is 9.18 Å². The largest absolute Gasteiger partial charge is 0.340 e. The van der Waals surface area contributed by atoms with Crippen molar-refractivity contribution in [1.29, 1.82) is 0 Å². The van der Waals surface area contributed by atoms with Crippen LogP contribution in [0.1, 0.15) is 22.3 Å². The second-order valence-electron chi connectivity index (χ2n) is 8.95. The zero-order valence-corrected chi connectivity index (χ0v) is 20.0. The summed E-state index contributed by atoms with van der Waals surface area (Å²) in [7, 11) is 0. The van der Waals surface area contributed by atoms with Crippen LogP contribution in [0.3, 0.4) is 0 Å². The normalized spacial score (nSPS) is 14.8. The highest BCUT2D eigenvalue weighted by molar-refractivity contribution is 6.17. The first kappa shape index (κ1) is 22.9. The number of para-hydroxylation sites is 1.